The largest absolute Gasteiger partial charge is 0.462 e. The highest BCUT2D eigenvalue weighted by Gasteiger charge is 2.18. The first-order chi connectivity index (χ1) is 14.6. The molecule has 0 radical (unpaired) electrons. The maximum atomic E-state index is 12.3. The van der Waals surface area contributed by atoms with Crippen molar-refractivity contribution in [1.29, 1.82) is 0 Å². The fourth-order valence-electron chi connectivity index (χ4n) is 2.71. The number of hydrogen-bond acceptors (Lipinski definition) is 9. The van der Waals surface area contributed by atoms with E-state index in [1.54, 1.807) is 49.4 Å². The molecule has 0 spiro atoms. The van der Waals surface area contributed by atoms with E-state index in [0.29, 0.717) is 34.2 Å². The van der Waals surface area contributed by atoms with E-state index in [0.717, 1.165) is 11.8 Å². The summed E-state index contributed by atoms with van der Waals surface area (Å²) in [6.07, 6.45) is 0. The van der Waals surface area contributed by atoms with Gasteiger partial charge in [-0.2, -0.15) is 0 Å². The highest BCUT2D eigenvalue weighted by molar-refractivity contribution is 7.99. The molecule has 1 N–H and O–H groups in total. The fourth-order valence-corrected chi connectivity index (χ4v) is 3.27. The van der Waals surface area contributed by atoms with Crippen molar-refractivity contribution in [3.63, 3.8) is 0 Å². The molecule has 4 rings (SSSR count). The first-order valence-corrected chi connectivity index (χ1v) is 10.0. The van der Waals surface area contributed by atoms with Gasteiger partial charge in [-0.1, -0.05) is 23.9 Å². The van der Waals surface area contributed by atoms with Crippen LogP contribution >= 0.6 is 11.8 Å². The van der Waals surface area contributed by atoms with Gasteiger partial charge in [0.05, 0.1) is 23.6 Å². The zero-order valence-corrected chi connectivity index (χ0v) is 16.7. The van der Waals surface area contributed by atoms with Crippen LogP contribution in [0.5, 0.6) is 11.5 Å². The number of nitrogens with zero attached hydrogens (tertiary/aromatic N) is 2. The Morgan fingerprint density at radius 1 is 1.13 bits per heavy atom. The number of ether oxygens (including phenoxy) is 3. The van der Waals surface area contributed by atoms with Crippen LogP contribution in [0.25, 0.3) is 11.5 Å². The van der Waals surface area contributed by atoms with Gasteiger partial charge in [-0.3, -0.25) is 4.79 Å². The van der Waals surface area contributed by atoms with Gasteiger partial charge in [0.2, 0.25) is 18.6 Å². The quantitative estimate of drug-likeness (QED) is 0.448. The maximum Gasteiger partial charge on any atom is 0.340 e. The number of amides is 1. The number of rotatable bonds is 7. The van der Waals surface area contributed by atoms with E-state index in [1.807, 2.05) is 0 Å². The Morgan fingerprint density at radius 2 is 1.97 bits per heavy atom. The summed E-state index contributed by atoms with van der Waals surface area (Å²) in [4.78, 5) is 24.3. The number of carbonyl (C=O) groups excluding carboxylic acids is 2. The van der Waals surface area contributed by atoms with E-state index in [4.69, 9.17) is 18.6 Å². The van der Waals surface area contributed by atoms with Gasteiger partial charge in [0, 0.05) is 5.56 Å². The van der Waals surface area contributed by atoms with Crippen LogP contribution in [0.15, 0.2) is 52.1 Å². The molecule has 10 heteroatoms. The van der Waals surface area contributed by atoms with Gasteiger partial charge in [-0.25, -0.2) is 4.79 Å². The molecule has 2 heterocycles. The minimum atomic E-state index is -0.494. The molecular weight excluding hydrogens is 410 g/mol. The predicted molar refractivity (Wildman–Crippen MR) is 108 cm³/mol. The number of anilines is 1. The van der Waals surface area contributed by atoms with Crippen LogP contribution in [0.4, 0.5) is 5.69 Å². The number of para-hydroxylation sites is 1. The van der Waals surface area contributed by atoms with Crippen LogP contribution in [0.1, 0.15) is 17.3 Å². The molecule has 1 amide bonds. The fraction of sp³-hybridized carbons (Fsp3) is 0.200. The van der Waals surface area contributed by atoms with Gasteiger partial charge in [0.1, 0.15) is 0 Å². The second kappa shape index (κ2) is 8.87. The molecule has 9 nitrogen and oxygen atoms in total. The minimum absolute atomic E-state index is 0.0277. The van der Waals surface area contributed by atoms with Gasteiger partial charge < -0.3 is 23.9 Å². The summed E-state index contributed by atoms with van der Waals surface area (Å²) < 4.78 is 21.2. The lowest BCUT2D eigenvalue weighted by Crippen LogP contribution is -2.17. The maximum absolute atomic E-state index is 12.3. The average molecular weight is 427 g/mol. The van der Waals surface area contributed by atoms with Crippen molar-refractivity contribution in [2.75, 3.05) is 24.5 Å². The highest BCUT2D eigenvalue weighted by Crippen LogP contribution is 2.36. The second-order valence-corrected chi connectivity index (χ2v) is 6.97. The van der Waals surface area contributed by atoms with Crippen molar-refractivity contribution < 1.29 is 28.2 Å². The molecule has 30 heavy (non-hydrogen) atoms. The molecule has 0 fully saturated rings. The molecule has 0 unspecified atom stereocenters. The van der Waals surface area contributed by atoms with Crippen molar-refractivity contribution in [1.82, 2.24) is 10.2 Å². The summed E-state index contributed by atoms with van der Waals surface area (Å²) in [5.41, 5.74) is 1.36. The Kier molecular flexibility index (Phi) is 5.84. The summed E-state index contributed by atoms with van der Waals surface area (Å²) in [6, 6.07) is 12.0. The third-order valence-corrected chi connectivity index (χ3v) is 4.87. The van der Waals surface area contributed by atoms with Crippen LogP contribution in [0.2, 0.25) is 0 Å². The first kappa shape index (κ1) is 19.8. The normalized spacial score (nSPS) is 11.9. The van der Waals surface area contributed by atoms with E-state index < -0.39 is 5.97 Å². The zero-order chi connectivity index (χ0) is 20.9. The Morgan fingerprint density at radius 3 is 2.83 bits per heavy atom. The number of hydrogen-bond donors (Lipinski definition) is 1. The topological polar surface area (TPSA) is 113 Å². The van der Waals surface area contributed by atoms with Crippen molar-refractivity contribution in [2.24, 2.45) is 0 Å². The Labute approximate surface area is 175 Å². The number of nitrogens with one attached hydrogen (secondary N) is 1. The smallest absolute Gasteiger partial charge is 0.340 e. The number of esters is 1. The molecule has 0 atom stereocenters. The van der Waals surface area contributed by atoms with Crippen molar-refractivity contribution >= 4 is 29.3 Å². The number of benzene rings is 2. The standard InChI is InChI=1S/C20H17N3O6S/c1-2-26-19(25)13-5-3-4-6-14(13)21-17(24)10-30-20-23-22-18(29-20)12-7-8-15-16(9-12)28-11-27-15/h3-9H,2,10-11H2,1H3,(H,21,24). The molecule has 0 aliphatic carbocycles. The molecule has 154 valence electrons. The lowest BCUT2D eigenvalue weighted by Gasteiger charge is -2.09. The second-order valence-electron chi connectivity index (χ2n) is 6.04. The van der Waals surface area contributed by atoms with Crippen LogP contribution < -0.4 is 14.8 Å². The average Bonchev–Trinajstić information content (AvgIpc) is 3.41. The minimum Gasteiger partial charge on any atom is -0.462 e. The van der Waals surface area contributed by atoms with Crippen LogP contribution in [-0.2, 0) is 9.53 Å². The van der Waals surface area contributed by atoms with Gasteiger partial charge in [-0.15, -0.1) is 10.2 Å². The summed E-state index contributed by atoms with van der Waals surface area (Å²) in [7, 11) is 0. The zero-order valence-electron chi connectivity index (χ0n) is 15.9. The number of carbonyl (C=O) groups is 2. The Balaban J connectivity index is 1.37. The van der Waals surface area contributed by atoms with Crippen LogP contribution in [0.3, 0.4) is 0 Å². The lowest BCUT2D eigenvalue weighted by atomic mass is 10.2. The van der Waals surface area contributed by atoms with Gasteiger partial charge in [0.25, 0.3) is 5.22 Å². The van der Waals surface area contributed by atoms with Crippen LogP contribution in [-0.4, -0.2) is 41.2 Å². The SMILES string of the molecule is CCOC(=O)c1ccccc1NC(=O)CSc1nnc(-c2ccc3c(c2)OCO3)o1. The van der Waals surface area contributed by atoms with Crippen molar-refractivity contribution in [3.8, 4) is 23.0 Å². The molecule has 1 aromatic heterocycles. The number of fused-ring (bicyclic) bond motifs is 1. The number of aromatic nitrogens is 2. The third-order valence-electron chi connectivity index (χ3n) is 4.05. The van der Waals surface area contributed by atoms with Gasteiger partial charge in [-0.05, 0) is 37.3 Å². The van der Waals surface area contributed by atoms with Crippen LogP contribution in [0, 0.1) is 0 Å². The molecule has 0 bridgehead atoms. The summed E-state index contributed by atoms with van der Waals surface area (Å²) in [5.74, 6) is 0.793. The van der Waals surface area contributed by atoms with Crippen molar-refractivity contribution in [3.05, 3.63) is 48.0 Å². The summed E-state index contributed by atoms with van der Waals surface area (Å²) in [6.45, 7) is 2.15. The Bertz CT molecular complexity index is 1080. The molecule has 3 aromatic rings. The number of thioether (sulfide) groups is 1. The van der Waals surface area contributed by atoms with E-state index >= 15 is 0 Å². The van der Waals surface area contributed by atoms with Gasteiger partial charge >= 0.3 is 5.97 Å². The molecule has 1 aliphatic rings. The van der Waals surface area contributed by atoms with E-state index in [2.05, 4.69) is 15.5 Å². The van der Waals surface area contributed by atoms with E-state index in [9.17, 15) is 9.59 Å². The highest BCUT2D eigenvalue weighted by atomic mass is 32.2. The van der Waals surface area contributed by atoms with Gasteiger partial charge in [0.15, 0.2) is 11.5 Å². The summed E-state index contributed by atoms with van der Waals surface area (Å²) in [5, 5.41) is 10.9. The predicted octanol–water partition coefficient (Wildman–Crippen LogP) is 3.37. The molecule has 2 aromatic carbocycles. The summed E-state index contributed by atoms with van der Waals surface area (Å²) >= 11 is 1.09. The van der Waals surface area contributed by atoms with Crippen molar-refractivity contribution in [2.45, 2.75) is 12.1 Å². The lowest BCUT2D eigenvalue weighted by molar-refractivity contribution is -0.113. The monoisotopic (exact) mass is 427 g/mol. The molecule has 0 saturated carbocycles. The molecule has 0 saturated heterocycles. The molecule has 1 aliphatic heterocycles. The Hall–Kier alpha value is -3.53. The van der Waals surface area contributed by atoms with E-state index in [1.165, 1.54) is 0 Å². The van der Waals surface area contributed by atoms with E-state index in [-0.39, 0.29) is 30.3 Å². The molecular formula is C20H17N3O6S. The third kappa shape index (κ3) is 4.38. The first-order valence-electron chi connectivity index (χ1n) is 9.06.